The van der Waals surface area contributed by atoms with E-state index in [4.69, 9.17) is 5.10 Å². The first-order chi connectivity index (χ1) is 12.3. The average Bonchev–Trinajstić information content (AvgIpc) is 3.30. The van der Waals surface area contributed by atoms with Crippen molar-refractivity contribution in [3.8, 4) is 0 Å². The highest BCUT2D eigenvalue weighted by molar-refractivity contribution is 7.99. The van der Waals surface area contributed by atoms with Crippen molar-refractivity contribution in [2.45, 2.75) is 44.7 Å². The fraction of sp³-hybridized carbons (Fsp3) is 0.684. The summed E-state index contributed by atoms with van der Waals surface area (Å²) in [6.07, 6.45) is 7.71. The molecule has 25 heavy (non-hydrogen) atoms. The smallest absolute Gasteiger partial charge is 0.274 e. The molecule has 136 valence electrons. The number of likely N-dealkylation sites (tertiary alicyclic amines) is 1. The van der Waals surface area contributed by atoms with Crippen LogP contribution in [0.2, 0.25) is 0 Å². The number of amides is 1. The van der Waals surface area contributed by atoms with Crippen LogP contribution >= 0.6 is 11.8 Å². The Balaban J connectivity index is 1.62. The van der Waals surface area contributed by atoms with Gasteiger partial charge in [-0.2, -0.15) is 16.9 Å². The lowest BCUT2D eigenvalue weighted by Gasteiger charge is -2.32. The Bertz CT molecular complexity index is 644. The van der Waals surface area contributed by atoms with E-state index in [-0.39, 0.29) is 5.91 Å². The molecule has 1 amide bonds. The molecule has 3 aliphatic rings. The highest BCUT2D eigenvalue weighted by Crippen LogP contribution is 2.30. The van der Waals surface area contributed by atoms with Gasteiger partial charge in [0.15, 0.2) is 5.69 Å². The van der Waals surface area contributed by atoms with Crippen molar-refractivity contribution in [2.24, 2.45) is 0 Å². The van der Waals surface area contributed by atoms with Gasteiger partial charge in [0.25, 0.3) is 5.91 Å². The van der Waals surface area contributed by atoms with Crippen LogP contribution in [0.3, 0.4) is 0 Å². The maximum absolute atomic E-state index is 13.1. The minimum Gasteiger partial charge on any atom is -0.336 e. The molecular weight excluding hydrogens is 332 g/mol. The number of hydrogen-bond donors (Lipinski definition) is 0. The summed E-state index contributed by atoms with van der Waals surface area (Å²) in [6, 6.07) is 0.583. The van der Waals surface area contributed by atoms with Gasteiger partial charge < -0.3 is 9.80 Å². The van der Waals surface area contributed by atoms with Gasteiger partial charge in [-0.05, 0) is 45.2 Å². The normalized spacial score (nSPS) is 24.3. The summed E-state index contributed by atoms with van der Waals surface area (Å²) in [4.78, 5) is 17.7. The first-order valence-electron chi connectivity index (χ1n) is 9.58. The fourth-order valence-corrected chi connectivity index (χ4v) is 5.35. The zero-order valence-corrected chi connectivity index (χ0v) is 15.8. The quantitative estimate of drug-likeness (QED) is 0.772. The molecule has 1 aromatic heterocycles. The van der Waals surface area contributed by atoms with Gasteiger partial charge in [-0.25, -0.2) is 0 Å². The molecule has 1 unspecified atom stereocenters. The van der Waals surface area contributed by atoms with E-state index in [0.29, 0.717) is 18.3 Å². The van der Waals surface area contributed by atoms with Crippen LogP contribution < -0.4 is 0 Å². The minimum atomic E-state index is 0.140. The van der Waals surface area contributed by atoms with E-state index in [1.54, 1.807) is 0 Å². The molecule has 6 heteroatoms. The van der Waals surface area contributed by atoms with Crippen LogP contribution in [0.1, 0.15) is 41.0 Å². The molecule has 0 bridgehead atoms. The Kier molecular flexibility index (Phi) is 5.17. The zero-order valence-electron chi connectivity index (χ0n) is 15.0. The minimum absolute atomic E-state index is 0.140. The van der Waals surface area contributed by atoms with Crippen LogP contribution in [0.25, 0.3) is 0 Å². The number of hydrogen-bond acceptors (Lipinski definition) is 4. The van der Waals surface area contributed by atoms with Gasteiger partial charge in [-0.1, -0.05) is 6.08 Å². The molecule has 1 aliphatic carbocycles. The highest BCUT2D eigenvalue weighted by Gasteiger charge is 2.34. The Hall–Kier alpha value is -1.27. The highest BCUT2D eigenvalue weighted by atomic mass is 32.2. The Morgan fingerprint density at radius 1 is 1.24 bits per heavy atom. The largest absolute Gasteiger partial charge is 0.336 e. The van der Waals surface area contributed by atoms with E-state index < -0.39 is 0 Å². The Morgan fingerprint density at radius 2 is 2.00 bits per heavy atom. The molecule has 2 fully saturated rings. The third kappa shape index (κ3) is 3.38. The summed E-state index contributed by atoms with van der Waals surface area (Å²) < 4.78 is 2.02. The number of rotatable bonds is 4. The Morgan fingerprint density at radius 3 is 2.72 bits per heavy atom. The third-order valence-electron chi connectivity index (χ3n) is 5.78. The monoisotopic (exact) mass is 360 g/mol. The van der Waals surface area contributed by atoms with Crippen molar-refractivity contribution in [1.29, 1.82) is 0 Å². The van der Waals surface area contributed by atoms with Crippen LogP contribution in [-0.4, -0.2) is 69.2 Å². The second-order valence-electron chi connectivity index (χ2n) is 7.29. The summed E-state index contributed by atoms with van der Waals surface area (Å²) in [5.41, 5.74) is 3.20. The summed E-state index contributed by atoms with van der Waals surface area (Å²) in [5, 5.41) is 4.75. The van der Waals surface area contributed by atoms with Crippen molar-refractivity contribution >= 4 is 17.7 Å². The molecule has 0 aromatic carbocycles. The number of allylic oxidation sites excluding steroid dienone is 1. The van der Waals surface area contributed by atoms with Crippen molar-refractivity contribution < 1.29 is 4.79 Å². The van der Waals surface area contributed by atoms with Crippen LogP contribution in [0.5, 0.6) is 0 Å². The lowest BCUT2D eigenvalue weighted by molar-refractivity contribution is 0.0763. The molecule has 4 rings (SSSR count). The van der Waals surface area contributed by atoms with Crippen LogP contribution in [0.15, 0.2) is 12.7 Å². The molecule has 1 atom stereocenters. The predicted molar refractivity (Wildman–Crippen MR) is 102 cm³/mol. The van der Waals surface area contributed by atoms with E-state index >= 15 is 0 Å². The first-order valence-corrected chi connectivity index (χ1v) is 10.7. The molecular formula is C19H28N4OS. The summed E-state index contributed by atoms with van der Waals surface area (Å²) in [7, 11) is 0. The van der Waals surface area contributed by atoms with Crippen molar-refractivity contribution in [2.75, 3.05) is 37.7 Å². The number of nitrogens with zero attached hydrogens (tertiary/aromatic N) is 4. The third-order valence-corrected chi connectivity index (χ3v) is 6.72. The van der Waals surface area contributed by atoms with Gasteiger partial charge in [0, 0.05) is 41.9 Å². The predicted octanol–water partition coefficient (Wildman–Crippen LogP) is 2.21. The standard InChI is InChI=1S/C19H28N4OS/c1-2-7-23-17-6-5-15(21-8-3-4-9-21)14-16(17)18(20-23)19(24)22-10-12-25-13-11-22/h2,15H,1,3-14H2. The van der Waals surface area contributed by atoms with Crippen molar-refractivity contribution in [3.63, 3.8) is 0 Å². The van der Waals surface area contributed by atoms with E-state index in [1.165, 1.54) is 43.6 Å². The van der Waals surface area contributed by atoms with E-state index in [9.17, 15) is 4.79 Å². The van der Waals surface area contributed by atoms with Gasteiger partial charge in [-0.15, -0.1) is 6.58 Å². The Labute approximate surface area is 154 Å². The molecule has 2 saturated heterocycles. The lowest BCUT2D eigenvalue weighted by atomic mass is 9.90. The zero-order chi connectivity index (χ0) is 17.2. The number of carbonyl (C=O) groups excluding carboxylic acids is 1. The van der Waals surface area contributed by atoms with Crippen LogP contribution in [-0.2, 0) is 19.4 Å². The van der Waals surface area contributed by atoms with Crippen molar-refractivity contribution in [1.82, 2.24) is 19.6 Å². The molecule has 3 heterocycles. The number of aromatic nitrogens is 2. The number of fused-ring (bicyclic) bond motifs is 1. The van der Waals surface area contributed by atoms with Crippen LogP contribution in [0, 0.1) is 0 Å². The number of carbonyl (C=O) groups is 1. The van der Waals surface area contributed by atoms with Gasteiger partial charge in [0.1, 0.15) is 0 Å². The molecule has 0 saturated carbocycles. The lowest BCUT2D eigenvalue weighted by Crippen LogP contribution is -2.40. The second kappa shape index (κ2) is 7.54. The van der Waals surface area contributed by atoms with Crippen molar-refractivity contribution in [3.05, 3.63) is 29.6 Å². The molecule has 1 aromatic rings. The van der Waals surface area contributed by atoms with Crippen LogP contribution in [0.4, 0.5) is 0 Å². The van der Waals surface area contributed by atoms with Gasteiger partial charge >= 0.3 is 0 Å². The molecule has 0 spiro atoms. The van der Waals surface area contributed by atoms with Gasteiger partial charge in [0.05, 0.1) is 6.54 Å². The van der Waals surface area contributed by atoms with E-state index in [1.807, 2.05) is 27.4 Å². The summed E-state index contributed by atoms with van der Waals surface area (Å²) >= 11 is 1.93. The summed E-state index contributed by atoms with van der Waals surface area (Å²) in [6.45, 7) is 8.68. The fourth-order valence-electron chi connectivity index (χ4n) is 4.45. The number of thioether (sulfide) groups is 1. The molecule has 0 radical (unpaired) electrons. The molecule has 2 aliphatic heterocycles. The summed E-state index contributed by atoms with van der Waals surface area (Å²) in [5.74, 6) is 2.22. The van der Waals surface area contributed by atoms with Gasteiger partial charge in [0.2, 0.25) is 0 Å². The SMILES string of the molecule is C=CCn1nc(C(=O)N2CCSCC2)c2c1CCC(N1CCCC1)C2. The maximum atomic E-state index is 13.1. The molecule has 5 nitrogen and oxygen atoms in total. The topological polar surface area (TPSA) is 41.4 Å². The average molecular weight is 361 g/mol. The van der Waals surface area contributed by atoms with Gasteiger partial charge in [-0.3, -0.25) is 9.48 Å². The second-order valence-corrected chi connectivity index (χ2v) is 8.51. The molecule has 0 N–H and O–H groups in total. The maximum Gasteiger partial charge on any atom is 0.274 e. The van der Waals surface area contributed by atoms with E-state index in [0.717, 1.165) is 37.4 Å². The first kappa shape index (κ1) is 17.2. The van der Waals surface area contributed by atoms with E-state index in [2.05, 4.69) is 11.5 Å².